The summed E-state index contributed by atoms with van der Waals surface area (Å²) in [6, 6.07) is 0. The molecule has 0 aromatic rings. The minimum atomic E-state index is -0.0510. The van der Waals surface area contributed by atoms with Crippen molar-refractivity contribution in [2.45, 2.75) is 20.0 Å². The van der Waals surface area contributed by atoms with Gasteiger partial charge in [0.25, 0.3) is 0 Å². The van der Waals surface area contributed by atoms with E-state index in [4.69, 9.17) is 10.5 Å². The van der Waals surface area contributed by atoms with Crippen LogP contribution in [-0.2, 0) is 4.74 Å². The van der Waals surface area contributed by atoms with Gasteiger partial charge in [0.05, 0.1) is 0 Å². The highest BCUT2D eigenvalue weighted by molar-refractivity contribution is 5.84. The molecule has 0 rings (SSSR count). The lowest BCUT2D eigenvalue weighted by Crippen LogP contribution is -2.27. The van der Waals surface area contributed by atoms with Gasteiger partial charge in [-0.05, 0) is 13.8 Å². The maximum atomic E-state index is 5.46. The van der Waals surface area contributed by atoms with E-state index in [1.165, 1.54) is 0 Å². The van der Waals surface area contributed by atoms with E-state index in [-0.39, 0.29) is 6.10 Å². The number of nitrogens with two attached hydrogens (primary N) is 1. The quantitative estimate of drug-likeness (QED) is 0.444. The van der Waals surface area contributed by atoms with Gasteiger partial charge in [-0.3, -0.25) is 4.99 Å². The second-order valence-electron chi connectivity index (χ2n) is 1.78. The van der Waals surface area contributed by atoms with Crippen LogP contribution in [0, 0.1) is 0 Å². The molecule has 0 spiro atoms. The molecule has 0 saturated heterocycles. The number of methoxy groups -OCH3 is 1. The zero-order valence-electron chi connectivity index (χ0n) is 6.22. The molecule has 1 atom stereocenters. The molecule has 3 nitrogen and oxygen atoms in total. The normalized spacial score (nSPS) is 15.7. The first kappa shape index (κ1) is 8.43. The maximum absolute atomic E-state index is 5.46. The molecule has 0 saturated carbocycles. The fourth-order valence-electron chi connectivity index (χ4n) is 0.432. The largest absolute Gasteiger partial charge is 0.385 e. The number of aliphatic imine (C=N–C) groups is 1. The Bertz CT molecular complexity index is 101. The third kappa shape index (κ3) is 3.08. The fourth-order valence-corrected chi connectivity index (χ4v) is 0.432. The van der Waals surface area contributed by atoms with Gasteiger partial charge in [-0.15, -0.1) is 0 Å². The summed E-state index contributed by atoms with van der Waals surface area (Å²) in [7, 11) is 1.61. The second kappa shape index (κ2) is 4.32. The summed E-state index contributed by atoms with van der Waals surface area (Å²) in [6.45, 7) is 4.53. The minimum Gasteiger partial charge on any atom is -0.385 e. The van der Waals surface area contributed by atoms with E-state index in [1.54, 1.807) is 7.11 Å². The first-order chi connectivity index (χ1) is 4.22. The Labute approximate surface area is 55.9 Å². The Kier molecular flexibility index (Phi) is 4.05. The average molecular weight is 130 g/mol. The molecule has 0 aliphatic carbocycles. The molecule has 9 heavy (non-hydrogen) atoms. The molecule has 0 amide bonds. The molecule has 54 valence electrons. The number of rotatable bonds is 3. The third-order valence-electron chi connectivity index (χ3n) is 1.11. The van der Waals surface area contributed by atoms with Gasteiger partial charge in [-0.25, -0.2) is 0 Å². The predicted molar refractivity (Wildman–Crippen MR) is 38.6 cm³/mol. The molecular weight excluding hydrogens is 116 g/mol. The Morgan fingerprint density at radius 1 is 1.78 bits per heavy atom. The molecule has 0 aliphatic rings. The fraction of sp³-hybridized carbons (Fsp3) is 0.833. The predicted octanol–water partition coefficient (Wildman–Crippen LogP) is 0.398. The van der Waals surface area contributed by atoms with Crippen LogP contribution in [0.2, 0.25) is 0 Å². The zero-order valence-corrected chi connectivity index (χ0v) is 6.22. The van der Waals surface area contributed by atoms with Crippen molar-refractivity contribution in [1.29, 1.82) is 0 Å². The number of amidine groups is 1. The summed E-state index contributed by atoms with van der Waals surface area (Å²) in [6.07, 6.45) is -0.0510. The Morgan fingerprint density at radius 3 is 2.67 bits per heavy atom. The van der Waals surface area contributed by atoms with Gasteiger partial charge >= 0.3 is 0 Å². The Morgan fingerprint density at radius 2 is 2.33 bits per heavy atom. The summed E-state index contributed by atoms with van der Waals surface area (Å²) in [5.74, 6) is 0.569. The molecule has 1 unspecified atom stereocenters. The van der Waals surface area contributed by atoms with E-state index >= 15 is 0 Å². The second-order valence-corrected chi connectivity index (χ2v) is 1.78. The van der Waals surface area contributed by atoms with Crippen molar-refractivity contribution in [3.05, 3.63) is 0 Å². The SMILES string of the molecule is CCN=C(N)C(C)OC. The molecule has 0 fully saturated rings. The van der Waals surface area contributed by atoms with E-state index in [9.17, 15) is 0 Å². The van der Waals surface area contributed by atoms with Crippen molar-refractivity contribution in [3.8, 4) is 0 Å². The Balaban J connectivity index is 3.70. The van der Waals surface area contributed by atoms with Crippen LogP contribution in [0.25, 0.3) is 0 Å². The van der Waals surface area contributed by atoms with E-state index in [1.807, 2.05) is 13.8 Å². The highest BCUT2D eigenvalue weighted by Crippen LogP contribution is 1.86. The van der Waals surface area contributed by atoms with Crippen LogP contribution < -0.4 is 5.73 Å². The van der Waals surface area contributed by atoms with Crippen molar-refractivity contribution in [2.24, 2.45) is 10.7 Å². The molecule has 0 aromatic carbocycles. The zero-order chi connectivity index (χ0) is 7.28. The molecule has 3 heteroatoms. The summed E-state index contributed by atoms with van der Waals surface area (Å²) in [5.41, 5.74) is 5.46. The van der Waals surface area contributed by atoms with Gasteiger partial charge in [0, 0.05) is 13.7 Å². The number of ether oxygens (including phenoxy) is 1. The van der Waals surface area contributed by atoms with Crippen molar-refractivity contribution in [2.75, 3.05) is 13.7 Å². The first-order valence-electron chi connectivity index (χ1n) is 3.05. The van der Waals surface area contributed by atoms with Crippen molar-refractivity contribution >= 4 is 5.84 Å². The van der Waals surface area contributed by atoms with Crippen LogP contribution in [0.15, 0.2) is 4.99 Å². The minimum absolute atomic E-state index is 0.0510. The van der Waals surface area contributed by atoms with Crippen LogP contribution in [-0.4, -0.2) is 25.6 Å². The van der Waals surface area contributed by atoms with E-state index in [2.05, 4.69) is 4.99 Å². The highest BCUT2D eigenvalue weighted by Gasteiger charge is 2.01. The maximum Gasteiger partial charge on any atom is 0.123 e. The lowest BCUT2D eigenvalue weighted by Gasteiger charge is -2.06. The number of hydrogen-bond donors (Lipinski definition) is 1. The molecule has 0 bridgehead atoms. The molecule has 0 heterocycles. The Hall–Kier alpha value is -0.570. The van der Waals surface area contributed by atoms with Gasteiger partial charge < -0.3 is 10.5 Å². The van der Waals surface area contributed by atoms with E-state index in [0.717, 1.165) is 6.54 Å². The topological polar surface area (TPSA) is 47.6 Å². The van der Waals surface area contributed by atoms with Gasteiger partial charge in [-0.2, -0.15) is 0 Å². The molecular formula is C6H14N2O. The molecule has 0 radical (unpaired) electrons. The summed E-state index contributed by atoms with van der Waals surface area (Å²) < 4.78 is 4.91. The van der Waals surface area contributed by atoms with Crippen LogP contribution in [0.5, 0.6) is 0 Å². The monoisotopic (exact) mass is 130 g/mol. The van der Waals surface area contributed by atoms with Gasteiger partial charge in [0.2, 0.25) is 0 Å². The summed E-state index contributed by atoms with van der Waals surface area (Å²) >= 11 is 0. The van der Waals surface area contributed by atoms with Gasteiger partial charge in [-0.1, -0.05) is 0 Å². The van der Waals surface area contributed by atoms with E-state index < -0.39 is 0 Å². The van der Waals surface area contributed by atoms with Gasteiger partial charge in [0.15, 0.2) is 0 Å². The average Bonchev–Trinajstić information content (AvgIpc) is 1.87. The number of hydrogen-bond acceptors (Lipinski definition) is 2. The molecule has 2 N–H and O–H groups in total. The smallest absolute Gasteiger partial charge is 0.123 e. The lowest BCUT2D eigenvalue weighted by atomic mass is 10.4. The van der Waals surface area contributed by atoms with Crippen molar-refractivity contribution < 1.29 is 4.74 Å². The molecule has 0 aromatic heterocycles. The molecule has 0 aliphatic heterocycles. The third-order valence-corrected chi connectivity index (χ3v) is 1.11. The standard InChI is InChI=1S/C6H14N2O/c1-4-8-6(7)5(2)9-3/h5H,4H2,1-3H3,(H2,7,8). The van der Waals surface area contributed by atoms with Crippen LogP contribution >= 0.6 is 0 Å². The highest BCUT2D eigenvalue weighted by atomic mass is 16.5. The lowest BCUT2D eigenvalue weighted by molar-refractivity contribution is 0.169. The summed E-state index contributed by atoms with van der Waals surface area (Å²) in [4.78, 5) is 3.96. The van der Waals surface area contributed by atoms with Crippen LogP contribution in [0.3, 0.4) is 0 Å². The van der Waals surface area contributed by atoms with E-state index in [0.29, 0.717) is 5.84 Å². The van der Waals surface area contributed by atoms with Gasteiger partial charge in [0.1, 0.15) is 11.9 Å². The summed E-state index contributed by atoms with van der Waals surface area (Å²) in [5, 5.41) is 0. The first-order valence-corrected chi connectivity index (χ1v) is 3.05. The van der Waals surface area contributed by atoms with Crippen LogP contribution in [0.1, 0.15) is 13.8 Å². The van der Waals surface area contributed by atoms with Crippen molar-refractivity contribution in [1.82, 2.24) is 0 Å². The van der Waals surface area contributed by atoms with Crippen molar-refractivity contribution in [3.63, 3.8) is 0 Å². The van der Waals surface area contributed by atoms with Crippen LogP contribution in [0.4, 0.5) is 0 Å². The number of nitrogens with zero attached hydrogens (tertiary/aromatic N) is 1.